The van der Waals surface area contributed by atoms with Crippen LogP contribution in [0.3, 0.4) is 0 Å². The molecule has 0 aliphatic carbocycles. The molecule has 0 fully saturated rings. The van der Waals surface area contributed by atoms with E-state index in [0.717, 1.165) is 17.5 Å². The van der Waals surface area contributed by atoms with E-state index in [2.05, 4.69) is 20.8 Å². The van der Waals surface area contributed by atoms with E-state index in [1.165, 1.54) is 11.0 Å². The van der Waals surface area contributed by atoms with Gasteiger partial charge in [0.1, 0.15) is 6.33 Å². The van der Waals surface area contributed by atoms with E-state index in [1.807, 2.05) is 33.8 Å². The minimum Gasteiger partial charge on any atom is -0.394 e. The molecule has 1 heterocycles. The van der Waals surface area contributed by atoms with E-state index >= 15 is 0 Å². The van der Waals surface area contributed by atoms with Crippen molar-refractivity contribution in [2.45, 2.75) is 40.2 Å². The molecular weight excluding hydrogens is 294 g/mol. The van der Waals surface area contributed by atoms with Crippen molar-refractivity contribution in [2.75, 3.05) is 6.61 Å². The molecule has 1 aromatic heterocycles. The topological polar surface area (TPSA) is 92.9 Å². The highest BCUT2D eigenvalue weighted by molar-refractivity contribution is 5.98. The Morgan fingerprint density at radius 2 is 2.13 bits per heavy atom. The summed E-state index contributed by atoms with van der Waals surface area (Å²) >= 11 is 0. The number of aliphatic hydroxyl groups excluding tert-OH is 1. The predicted octanol–water partition coefficient (Wildman–Crippen LogP) is 1.42. The Morgan fingerprint density at radius 1 is 1.39 bits per heavy atom. The van der Waals surface area contributed by atoms with E-state index in [9.17, 15) is 9.90 Å². The first-order chi connectivity index (χ1) is 11.0. The maximum atomic E-state index is 12.7. The molecule has 23 heavy (non-hydrogen) atoms. The average molecular weight is 317 g/mol. The fourth-order valence-electron chi connectivity index (χ4n) is 2.44. The SMILES string of the molecule is CC[C@@H](C)[C@@H](CO)NC(=O)c1ccc(C)c(C)c1-n1cnnn1. The summed E-state index contributed by atoms with van der Waals surface area (Å²) in [5, 5.41) is 23.6. The van der Waals surface area contributed by atoms with Gasteiger partial charge in [-0.15, -0.1) is 5.10 Å². The number of hydrogen-bond acceptors (Lipinski definition) is 5. The third-order valence-electron chi connectivity index (χ3n) is 4.37. The van der Waals surface area contributed by atoms with Crippen LogP contribution in [-0.2, 0) is 0 Å². The number of carbonyl (C=O) groups excluding carboxylic acids is 1. The molecule has 2 rings (SSSR count). The van der Waals surface area contributed by atoms with Crippen LogP contribution in [-0.4, -0.2) is 43.9 Å². The number of nitrogens with zero attached hydrogens (tertiary/aromatic N) is 4. The number of nitrogens with one attached hydrogen (secondary N) is 1. The van der Waals surface area contributed by atoms with Crippen molar-refractivity contribution in [3.63, 3.8) is 0 Å². The van der Waals surface area contributed by atoms with E-state index in [-0.39, 0.29) is 24.5 Å². The standard InChI is InChI=1S/C16H23N5O2/c1-5-10(2)14(8-22)18-16(23)13-7-6-11(3)12(4)15(13)21-9-17-19-20-21/h6-7,9-10,14,22H,5,8H2,1-4H3,(H,18,23)/t10-,14-/m1/s1. The van der Waals surface area contributed by atoms with Crippen LogP contribution in [0.1, 0.15) is 41.8 Å². The largest absolute Gasteiger partial charge is 0.394 e. The van der Waals surface area contributed by atoms with Crippen LogP contribution < -0.4 is 5.32 Å². The molecule has 2 atom stereocenters. The molecule has 1 aromatic carbocycles. The maximum absolute atomic E-state index is 12.7. The van der Waals surface area contributed by atoms with E-state index in [4.69, 9.17) is 0 Å². The monoisotopic (exact) mass is 317 g/mol. The molecule has 0 spiro atoms. The van der Waals surface area contributed by atoms with Gasteiger partial charge in [0.25, 0.3) is 5.91 Å². The molecule has 124 valence electrons. The lowest BCUT2D eigenvalue weighted by Crippen LogP contribution is -2.42. The van der Waals surface area contributed by atoms with Crippen LogP contribution >= 0.6 is 0 Å². The number of rotatable bonds is 6. The summed E-state index contributed by atoms with van der Waals surface area (Å²) < 4.78 is 1.49. The highest BCUT2D eigenvalue weighted by Crippen LogP contribution is 2.22. The normalized spacial score (nSPS) is 13.6. The quantitative estimate of drug-likeness (QED) is 0.840. The number of benzene rings is 1. The Hall–Kier alpha value is -2.28. The lowest BCUT2D eigenvalue weighted by Gasteiger charge is -2.23. The number of aliphatic hydroxyl groups is 1. The summed E-state index contributed by atoms with van der Waals surface area (Å²) in [6.07, 6.45) is 2.34. The molecule has 2 N–H and O–H groups in total. The van der Waals surface area contributed by atoms with Gasteiger partial charge in [-0.2, -0.15) is 4.68 Å². The average Bonchev–Trinajstić information content (AvgIpc) is 3.07. The summed E-state index contributed by atoms with van der Waals surface area (Å²) in [5.74, 6) is -0.0510. The zero-order chi connectivity index (χ0) is 17.0. The van der Waals surface area contributed by atoms with Crippen molar-refractivity contribution in [3.05, 3.63) is 35.2 Å². The van der Waals surface area contributed by atoms with Crippen molar-refractivity contribution in [2.24, 2.45) is 5.92 Å². The number of aromatic nitrogens is 4. The molecule has 7 heteroatoms. The van der Waals surface area contributed by atoms with Gasteiger partial charge < -0.3 is 10.4 Å². The number of aryl methyl sites for hydroxylation is 1. The van der Waals surface area contributed by atoms with Gasteiger partial charge in [-0.1, -0.05) is 26.3 Å². The second kappa shape index (κ2) is 7.32. The zero-order valence-corrected chi connectivity index (χ0v) is 13.9. The summed E-state index contributed by atoms with van der Waals surface area (Å²) in [5.41, 5.74) is 3.14. The summed E-state index contributed by atoms with van der Waals surface area (Å²) in [7, 11) is 0. The third-order valence-corrected chi connectivity index (χ3v) is 4.37. The molecule has 0 radical (unpaired) electrons. The lowest BCUT2D eigenvalue weighted by atomic mass is 9.98. The minimum atomic E-state index is -0.282. The molecule has 0 aliphatic heterocycles. The van der Waals surface area contributed by atoms with Crippen LogP contribution in [0.4, 0.5) is 0 Å². The van der Waals surface area contributed by atoms with Gasteiger partial charge in [0.2, 0.25) is 0 Å². The first-order valence-electron chi connectivity index (χ1n) is 7.74. The molecule has 0 unspecified atom stereocenters. The molecule has 1 amide bonds. The summed E-state index contributed by atoms with van der Waals surface area (Å²) in [6.45, 7) is 7.85. The van der Waals surface area contributed by atoms with E-state index in [1.54, 1.807) is 6.07 Å². The number of hydrogen-bond donors (Lipinski definition) is 2. The van der Waals surface area contributed by atoms with Gasteiger partial charge in [0.05, 0.1) is 23.9 Å². The van der Waals surface area contributed by atoms with Crippen LogP contribution in [0.15, 0.2) is 18.5 Å². The zero-order valence-electron chi connectivity index (χ0n) is 13.9. The number of carbonyl (C=O) groups is 1. The van der Waals surface area contributed by atoms with Crippen molar-refractivity contribution in [1.29, 1.82) is 0 Å². The minimum absolute atomic E-state index is 0.0915. The van der Waals surface area contributed by atoms with Gasteiger partial charge in [0.15, 0.2) is 0 Å². The van der Waals surface area contributed by atoms with E-state index in [0.29, 0.717) is 11.3 Å². The van der Waals surface area contributed by atoms with Gasteiger partial charge in [-0.3, -0.25) is 4.79 Å². The highest BCUT2D eigenvalue weighted by atomic mass is 16.3. The van der Waals surface area contributed by atoms with Crippen molar-refractivity contribution < 1.29 is 9.90 Å². The molecule has 0 bridgehead atoms. The fourth-order valence-corrected chi connectivity index (χ4v) is 2.44. The van der Waals surface area contributed by atoms with Crippen LogP contribution in [0.2, 0.25) is 0 Å². The van der Waals surface area contributed by atoms with Crippen LogP contribution in [0, 0.1) is 19.8 Å². The van der Waals surface area contributed by atoms with Crippen molar-refractivity contribution in [3.8, 4) is 5.69 Å². The van der Waals surface area contributed by atoms with Gasteiger partial charge in [-0.25, -0.2) is 0 Å². The Morgan fingerprint density at radius 3 is 2.70 bits per heavy atom. The lowest BCUT2D eigenvalue weighted by molar-refractivity contribution is 0.0891. The molecule has 2 aromatic rings. The second-order valence-electron chi connectivity index (χ2n) is 5.81. The first-order valence-corrected chi connectivity index (χ1v) is 7.74. The van der Waals surface area contributed by atoms with Crippen molar-refractivity contribution >= 4 is 5.91 Å². The maximum Gasteiger partial charge on any atom is 0.253 e. The van der Waals surface area contributed by atoms with Crippen LogP contribution in [0.25, 0.3) is 5.69 Å². The first kappa shape index (κ1) is 17.1. The molecule has 0 aliphatic rings. The third kappa shape index (κ3) is 3.56. The Bertz CT molecular complexity index is 669. The second-order valence-corrected chi connectivity index (χ2v) is 5.81. The van der Waals surface area contributed by atoms with E-state index < -0.39 is 0 Å². The molecule has 0 saturated carbocycles. The van der Waals surface area contributed by atoms with Gasteiger partial charge in [0, 0.05) is 0 Å². The molecule has 7 nitrogen and oxygen atoms in total. The Balaban J connectivity index is 2.39. The highest BCUT2D eigenvalue weighted by Gasteiger charge is 2.22. The Labute approximate surface area is 135 Å². The predicted molar refractivity (Wildman–Crippen MR) is 86.4 cm³/mol. The Kier molecular flexibility index (Phi) is 5.44. The summed E-state index contributed by atoms with van der Waals surface area (Å²) in [4.78, 5) is 12.7. The van der Waals surface area contributed by atoms with Gasteiger partial charge in [-0.05, 0) is 47.4 Å². The molecular formula is C16H23N5O2. The number of amides is 1. The van der Waals surface area contributed by atoms with Gasteiger partial charge >= 0.3 is 0 Å². The van der Waals surface area contributed by atoms with Crippen molar-refractivity contribution in [1.82, 2.24) is 25.5 Å². The fraction of sp³-hybridized carbons (Fsp3) is 0.500. The van der Waals surface area contributed by atoms with Crippen LogP contribution in [0.5, 0.6) is 0 Å². The smallest absolute Gasteiger partial charge is 0.253 e. The molecule has 0 saturated heterocycles. The number of tetrazole rings is 1. The summed E-state index contributed by atoms with van der Waals surface area (Å²) in [6, 6.07) is 3.38.